The Kier molecular flexibility index (Phi) is 4.46. The summed E-state index contributed by atoms with van der Waals surface area (Å²) in [5.41, 5.74) is 2.55. The molecule has 2 aromatic rings. The minimum absolute atomic E-state index is 0.346. The van der Waals surface area contributed by atoms with E-state index in [1.165, 1.54) is 14.2 Å². The van der Waals surface area contributed by atoms with Crippen molar-refractivity contribution in [3.63, 3.8) is 0 Å². The molecule has 144 valence electrons. The molecule has 2 aromatic carbocycles. The summed E-state index contributed by atoms with van der Waals surface area (Å²) in [5, 5.41) is 9.75. The Morgan fingerprint density at radius 1 is 1.00 bits per heavy atom. The SMILES string of the molecule is COc1ccc(N2C(=O)[C@H]3N=NN(Cc4ccccc4C)[C@@H]3C2=O)cc1OC. The third-order valence-electron chi connectivity index (χ3n) is 5.08. The molecule has 8 nitrogen and oxygen atoms in total. The molecule has 4 rings (SSSR count). The lowest BCUT2D eigenvalue weighted by Crippen LogP contribution is -2.39. The molecule has 0 N–H and O–H groups in total. The number of ether oxygens (including phenoxy) is 2. The van der Waals surface area contributed by atoms with Gasteiger partial charge in [0.1, 0.15) is 0 Å². The van der Waals surface area contributed by atoms with E-state index in [0.29, 0.717) is 23.7 Å². The second-order valence-corrected chi connectivity index (χ2v) is 6.67. The summed E-state index contributed by atoms with van der Waals surface area (Å²) in [4.78, 5) is 27.1. The molecule has 0 radical (unpaired) electrons. The number of rotatable bonds is 5. The lowest BCUT2D eigenvalue weighted by molar-refractivity contribution is -0.123. The summed E-state index contributed by atoms with van der Waals surface area (Å²) in [5.74, 6) is 0.224. The van der Waals surface area contributed by atoms with Crippen LogP contribution in [0.1, 0.15) is 11.1 Å². The van der Waals surface area contributed by atoms with Crippen LogP contribution in [0.15, 0.2) is 52.8 Å². The molecule has 0 aliphatic carbocycles. The van der Waals surface area contributed by atoms with Gasteiger partial charge in [0.05, 0.1) is 26.5 Å². The number of anilines is 1. The van der Waals surface area contributed by atoms with Gasteiger partial charge in [-0.15, -0.1) is 0 Å². The van der Waals surface area contributed by atoms with E-state index in [9.17, 15) is 9.59 Å². The van der Waals surface area contributed by atoms with Gasteiger partial charge in [-0.1, -0.05) is 29.5 Å². The Bertz CT molecular complexity index is 974. The van der Waals surface area contributed by atoms with Crippen LogP contribution in [0.25, 0.3) is 0 Å². The van der Waals surface area contributed by atoms with Crippen molar-refractivity contribution in [1.82, 2.24) is 5.01 Å². The topological polar surface area (TPSA) is 83.8 Å². The van der Waals surface area contributed by atoms with Gasteiger partial charge in [-0.2, -0.15) is 5.11 Å². The summed E-state index contributed by atoms with van der Waals surface area (Å²) >= 11 is 0. The number of fused-ring (bicyclic) bond motifs is 1. The minimum atomic E-state index is -0.829. The van der Waals surface area contributed by atoms with E-state index in [0.717, 1.165) is 16.0 Å². The number of methoxy groups -OCH3 is 2. The highest BCUT2D eigenvalue weighted by Crippen LogP contribution is 2.37. The summed E-state index contributed by atoms with van der Waals surface area (Å²) in [6.45, 7) is 2.41. The Morgan fingerprint density at radius 2 is 1.75 bits per heavy atom. The van der Waals surface area contributed by atoms with Crippen molar-refractivity contribution < 1.29 is 19.1 Å². The number of nitrogens with zero attached hydrogens (tertiary/aromatic N) is 4. The smallest absolute Gasteiger partial charge is 0.263 e. The summed E-state index contributed by atoms with van der Waals surface area (Å²) < 4.78 is 10.5. The fourth-order valence-corrected chi connectivity index (χ4v) is 3.53. The van der Waals surface area contributed by atoms with E-state index in [2.05, 4.69) is 10.3 Å². The zero-order valence-electron chi connectivity index (χ0n) is 15.8. The maximum absolute atomic E-state index is 13.1. The van der Waals surface area contributed by atoms with Crippen LogP contribution >= 0.6 is 0 Å². The second kappa shape index (κ2) is 6.95. The number of aryl methyl sites for hydroxylation is 1. The Hall–Kier alpha value is -3.42. The van der Waals surface area contributed by atoms with Crippen LogP contribution in [0.2, 0.25) is 0 Å². The first kappa shape index (κ1) is 18.0. The first-order valence-electron chi connectivity index (χ1n) is 8.87. The molecule has 8 heteroatoms. The van der Waals surface area contributed by atoms with Gasteiger partial charge >= 0.3 is 0 Å². The molecular formula is C20H20N4O4. The quantitative estimate of drug-likeness (QED) is 0.744. The van der Waals surface area contributed by atoms with Crippen molar-refractivity contribution in [3.8, 4) is 11.5 Å². The van der Waals surface area contributed by atoms with E-state index in [-0.39, 0.29) is 5.91 Å². The van der Waals surface area contributed by atoms with Crippen molar-refractivity contribution >= 4 is 17.5 Å². The summed E-state index contributed by atoms with van der Waals surface area (Å²) in [6.07, 6.45) is 0. The third-order valence-corrected chi connectivity index (χ3v) is 5.08. The van der Waals surface area contributed by atoms with Gasteiger partial charge < -0.3 is 9.47 Å². The van der Waals surface area contributed by atoms with Crippen molar-refractivity contribution in [2.45, 2.75) is 25.6 Å². The molecule has 1 fully saturated rings. The van der Waals surface area contributed by atoms with Crippen LogP contribution in [-0.4, -0.2) is 43.1 Å². The highest BCUT2D eigenvalue weighted by molar-refractivity contribution is 6.25. The average molecular weight is 380 g/mol. The van der Waals surface area contributed by atoms with Crippen molar-refractivity contribution in [2.75, 3.05) is 19.1 Å². The molecule has 2 aliphatic rings. The fraction of sp³-hybridized carbons (Fsp3) is 0.300. The standard InChI is InChI=1S/C20H20N4O4/c1-12-6-4-5-7-13(12)11-23-18-17(21-22-23)19(25)24(20(18)26)14-8-9-15(27-2)16(10-14)28-3/h4-10,17-18H,11H2,1-3H3/t17-,18-/m0/s1. The minimum Gasteiger partial charge on any atom is -0.493 e. The zero-order chi connectivity index (χ0) is 19.8. The molecule has 0 aromatic heterocycles. The molecular weight excluding hydrogens is 360 g/mol. The molecule has 1 saturated heterocycles. The number of imide groups is 1. The van der Waals surface area contributed by atoms with E-state index >= 15 is 0 Å². The number of carbonyl (C=O) groups is 2. The van der Waals surface area contributed by atoms with Crippen molar-refractivity contribution in [3.05, 3.63) is 53.6 Å². The van der Waals surface area contributed by atoms with Gasteiger partial charge in [0.2, 0.25) is 0 Å². The monoisotopic (exact) mass is 380 g/mol. The summed E-state index contributed by atoms with van der Waals surface area (Å²) in [7, 11) is 3.03. The average Bonchev–Trinajstić information content (AvgIpc) is 3.23. The first-order chi connectivity index (χ1) is 13.5. The largest absolute Gasteiger partial charge is 0.493 e. The maximum atomic E-state index is 13.1. The lowest BCUT2D eigenvalue weighted by atomic mass is 10.1. The van der Waals surface area contributed by atoms with Crippen LogP contribution in [0, 0.1) is 6.92 Å². The predicted molar refractivity (Wildman–Crippen MR) is 101 cm³/mol. The molecule has 2 aliphatic heterocycles. The highest BCUT2D eigenvalue weighted by atomic mass is 16.5. The van der Waals surface area contributed by atoms with Gasteiger partial charge in [-0.05, 0) is 30.2 Å². The van der Waals surface area contributed by atoms with Gasteiger partial charge in [0.25, 0.3) is 11.8 Å². The Morgan fingerprint density at radius 3 is 2.46 bits per heavy atom. The van der Waals surface area contributed by atoms with Crippen LogP contribution < -0.4 is 14.4 Å². The highest BCUT2D eigenvalue weighted by Gasteiger charge is 2.54. The molecule has 2 heterocycles. The number of benzene rings is 2. The number of hydrogen-bond donors (Lipinski definition) is 0. The molecule has 28 heavy (non-hydrogen) atoms. The number of hydrogen-bond acceptors (Lipinski definition) is 7. The van der Waals surface area contributed by atoms with Gasteiger partial charge in [0, 0.05) is 6.07 Å². The van der Waals surface area contributed by atoms with Gasteiger partial charge in [0.15, 0.2) is 23.6 Å². The molecule has 0 saturated carbocycles. The van der Waals surface area contributed by atoms with Crippen LogP contribution in [-0.2, 0) is 16.1 Å². The predicted octanol–water partition coefficient (Wildman–Crippen LogP) is 2.51. The molecule has 2 amide bonds. The Labute approximate surface area is 162 Å². The van der Waals surface area contributed by atoms with E-state index in [4.69, 9.17) is 9.47 Å². The van der Waals surface area contributed by atoms with Crippen LogP contribution in [0.5, 0.6) is 11.5 Å². The van der Waals surface area contributed by atoms with E-state index in [1.54, 1.807) is 23.2 Å². The Balaban J connectivity index is 1.62. The normalized spacial score (nSPS) is 20.7. The second-order valence-electron chi connectivity index (χ2n) is 6.67. The van der Waals surface area contributed by atoms with Gasteiger partial charge in [-0.25, -0.2) is 4.90 Å². The van der Waals surface area contributed by atoms with Crippen LogP contribution in [0.4, 0.5) is 5.69 Å². The van der Waals surface area contributed by atoms with Gasteiger partial charge in [-0.3, -0.25) is 14.6 Å². The van der Waals surface area contributed by atoms with E-state index in [1.807, 2.05) is 31.2 Å². The fourth-order valence-electron chi connectivity index (χ4n) is 3.53. The zero-order valence-corrected chi connectivity index (χ0v) is 15.8. The third kappa shape index (κ3) is 2.77. The summed E-state index contributed by atoms with van der Waals surface area (Å²) in [6, 6.07) is 11.2. The number of amides is 2. The van der Waals surface area contributed by atoms with Crippen molar-refractivity contribution in [1.29, 1.82) is 0 Å². The number of carbonyl (C=O) groups excluding carboxylic acids is 2. The molecule has 2 atom stereocenters. The van der Waals surface area contributed by atoms with E-state index < -0.39 is 18.0 Å². The molecule has 0 unspecified atom stereocenters. The lowest BCUT2D eigenvalue weighted by Gasteiger charge is -2.21. The molecule has 0 spiro atoms. The first-order valence-corrected chi connectivity index (χ1v) is 8.87. The van der Waals surface area contributed by atoms with Crippen molar-refractivity contribution in [2.24, 2.45) is 10.3 Å². The molecule has 0 bridgehead atoms. The maximum Gasteiger partial charge on any atom is 0.263 e. The van der Waals surface area contributed by atoms with Crippen LogP contribution in [0.3, 0.4) is 0 Å².